The molecule has 0 saturated heterocycles. The molecule has 0 bridgehead atoms. The first-order valence-corrected chi connectivity index (χ1v) is 6.98. The molecule has 0 atom stereocenters. The molecule has 24 heavy (non-hydrogen) atoms. The number of hydrogen-bond donors (Lipinski definition) is 1. The van der Waals surface area contributed by atoms with Gasteiger partial charge in [0.2, 0.25) is 5.75 Å². The third-order valence-electron chi connectivity index (χ3n) is 3.48. The van der Waals surface area contributed by atoms with Crippen LogP contribution in [0.5, 0.6) is 17.2 Å². The molecule has 0 amide bonds. The van der Waals surface area contributed by atoms with Crippen LogP contribution in [0.1, 0.15) is 27.6 Å². The summed E-state index contributed by atoms with van der Waals surface area (Å²) in [5.74, 6) is -0.769. The number of nitrogens with zero attached hydrogens (tertiary/aromatic N) is 1. The highest BCUT2D eigenvalue weighted by molar-refractivity contribution is 5.96. The smallest absolute Gasteiger partial charge is 0.339 e. The molecule has 0 unspecified atom stereocenters. The van der Waals surface area contributed by atoms with Crippen LogP contribution in [-0.2, 0) is 0 Å². The highest BCUT2D eigenvalue weighted by Gasteiger charge is 2.25. The van der Waals surface area contributed by atoms with Crippen LogP contribution in [0.15, 0.2) is 24.4 Å². The number of aromatic carboxylic acids is 1. The van der Waals surface area contributed by atoms with Crippen molar-refractivity contribution in [2.24, 2.45) is 0 Å². The molecule has 1 N–H and O–H groups in total. The van der Waals surface area contributed by atoms with Crippen molar-refractivity contribution in [2.45, 2.75) is 6.92 Å². The number of hydrogen-bond acceptors (Lipinski definition) is 6. The molecule has 0 aliphatic carbocycles. The minimum absolute atomic E-state index is 0.0611. The summed E-state index contributed by atoms with van der Waals surface area (Å²) in [5, 5.41) is 9.43. The molecular weight excluding hydrogens is 314 g/mol. The van der Waals surface area contributed by atoms with Crippen molar-refractivity contribution in [2.75, 3.05) is 21.3 Å². The molecule has 126 valence electrons. The summed E-state index contributed by atoms with van der Waals surface area (Å²) >= 11 is 0. The van der Waals surface area contributed by atoms with Crippen LogP contribution in [0.4, 0.5) is 0 Å². The van der Waals surface area contributed by atoms with E-state index in [1.807, 2.05) is 0 Å². The summed E-state index contributed by atoms with van der Waals surface area (Å²) in [4.78, 5) is 27.1. The number of benzene rings is 1. The molecule has 1 aromatic heterocycles. The maximum absolute atomic E-state index is 11.5. The van der Waals surface area contributed by atoms with Gasteiger partial charge in [0.15, 0.2) is 17.3 Å². The van der Waals surface area contributed by atoms with E-state index in [9.17, 15) is 14.7 Å². The van der Waals surface area contributed by atoms with E-state index >= 15 is 0 Å². The molecule has 0 spiro atoms. The summed E-state index contributed by atoms with van der Waals surface area (Å²) in [6.45, 7) is 1.44. The van der Waals surface area contributed by atoms with Gasteiger partial charge in [-0.3, -0.25) is 9.78 Å². The highest BCUT2D eigenvalue weighted by Crippen LogP contribution is 2.46. The molecule has 2 aromatic rings. The molecule has 1 heterocycles. The zero-order chi connectivity index (χ0) is 17.9. The maximum Gasteiger partial charge on any atom is 0.339 e. The number of pyridine rings is 1. The number of carboxylic acids is 1. The Balaban J connectivity index is 2.74. The number of carboxylic acid groups (broad SMARTS) is 1. The van der Waals surface area contributed by atoms with E-state index in [1.165, 1.54) is 40.5 Å². The molecule has 0 fully saturated rings. The largest absolute Gasteiger partial charge is 0.492 e. The van der Waals surface area contributed by atoms with Crippen molar-refractivity contribution in [3.05, 3.63) is 35.5 Å². The molecule has 7 nitrogen and oxygen atoms in total. The Morgan fingerprint density at radius 3 is 2.04 bits per heavy atom. The van der Waals surface area contributed by atoms with Crippen molar-refractivity contribution in [1.29, 1.82) is 0 Å². The van der Waals surface area contributed by atoms with Gasteiger partial charge in [-0.05, 0) is 25.1 Å². The molecular formula is C17H17NO6. The summed E-state index contributed by atoms with van der Waals surface area (Å²) < 4.78 is 15.8. The first kappa shape index (κ1) is 17.3. The zero-order valence-corrected chi connectivity index (χ0v) is 13.7. The second-order valence-corrected chi connectivity index (χ2v) is 4.86. The summed E-state index contributed by atoms with van der Waals surface area (Å²) in [7, 11) is 4.18. The van der Waals surface area contributed by atoms with Gasteiger partial charge in [0, 0.05) is 17.3 Å². The zero-order valence-electron chi connectivity index (χ0n) is 13.7. The van der Waals surface area contributed by atoms with E-state index in [4.69, 9.17) is 14.2 Å². The second-order valence-electron chi connectivity index (χ2n) is 4.86. The van der Waals surface area contributed by atoms with E-state index in [1.54, 1.807) is 12.1 Å². The monoisotopic (exact) mass is 331 g/mol. The lowest BCUT2D eigenvalue weighted by molar-refractivity contribution is 0.0692. The standard InChI is InChI=1S/C17H17NO6/c1-9(19)10-5-6-13(18-8-10)11-7-12(17(20)21)15(23-3)16(24-4)14(11)22-2/h5-8H,1-4H3,(H,20,21). The van der Waals surface area contributed by atoms with Crippen LogP contribution in [0, 0.1) is 0 Å². The summed E-state index contributed by atoms with van der Waals surface area (Å²) in [5.41, 5.74) is 1.24. The Bertz CT molecular complexity index is 783. The molecule has 0 aliphatic rings. The summed E-state index contributed by atoms with van der Waals surface area (Å²) in [6, 6.07) is 4.63. The van der Waals surface area contributed by atoms with Crippen LogP contribution in [0.2, 0.25) is 0 Å². The van der Waals surface area contributed by atoms with Crippen LogP contribution in [0.3, 0.4) is 0 Å². The quantitative estimate of drug-likeness (QED) is 0.813. The maximum atomic E-state index is 11.5. The van der Waals surface area contributed by atoms with Crippen molar-refractivity contribution in [3.63, 3.8) is 0 Å². The number of rotatable bonds is 6. The van der Waals surface area contributed by atoms with E-state index in [0.717, 1.165) is 0 Å². The third kappa shape index (κ3) is 3.01. The van der Waals surface area contributed by atoms with Gasteiger partial charge >= 0.3 is 5.97 Å². The average molecular weight is 331 g/mol. The van der Waals surface area contributed by atoms with Gasteiger partial charge < -0.3 is 19.3 Å². The predicted molar refractivity (Wildman–Crippen MR) is 86.3 cm³/mol. The lowest BCUT2D eigenvalue weighted by atomic mass is 10.0. The van der Waals surface area contributed by atoms with E-state index in [2.05, 4.69) is 4.98 Å². The molecule has 1 aromatic carbocycles. The van der Waals surface area contributed by atoms with Gasteiger partial charge in [-0.25, -0.2) is 4.79 Å². The van der Waals surface area contributed by atoms with Crippen molar-refractivity contribution in [1.82, 2.24) is 4.98 Å². The number of carbonyl (C=O) groups is 2. The lowest BCUT2D eigenvalue weighted by Gasteiger charge is -2.17. The first-order chi connectivity index (χ1) is 11.4. The van der Waals surface area contributed by atoms with Gasteiger partial charge in [0.25, 0.3) is 0 Å². The van der Waals surface area contributed by atoms with Crippen LogP contribution < -0.4 is 14.2 Å². The van der Waals surface area contributed by atoms with Crippen molar-refractivity contribution in [3.8, 4) is 28.5 Å². The Labute approximate surface area is 138 Å². The van der Waals surface area contributed by atoms with Crippen molar-refractivity contribution >= 4 is 11.8 Å². The minimum Gasteiger partial charge on any atom is -0.492 e. The fourth-order valence-corrected chi connectivity index (χ4v) is 2.32. The topological polar surface area (TPSA) is 95.0 Å². The van der Waals surface area contributed by atoms with Crippen LogP contribution >= 0.6 is 0 Å². The number of Topliss-reactive ketones (excluding diaryl/α,β-unsaturated/α-hetero) is 1. The van der Waals surface area contributed by atoms with E-state index < -0.39 is 5.97 Å². The molecule has 0 radical (unpaired) electrons. The van der Waals surface area contributed by atoms with Gasteiger partial charge in [0.1, 0.15) is 5.56 Å². The lowest BCUT2D eigenvalue weighted by Crippen LogP contribution is -2.06. The highest BCUT2D eigenvalue weighted by atomic mass is 16.5. The SMILES string of the molecule is COc1c(C(=O)O)cc(-c2ccc(C(C)=O)cn2)c(OC)c1OC. The fraction of sp³-hybridized carbons (Fsp3) is 0.235. The molecule has 2 rings (SSSR count). The second kappa shape index (κ2) is 6.99. The third-order valence-corrected chi connectivity index (χ3v) is 3.48. The molecule has 7 heteroatoms. The average Bonchev–Trinajstić information content (AvgIpc) is 2.59. The Hall–Kier alpha value is -3.09. The van der Waals surface area contributed by atoms with Crippen LogP contribution in [0.25, 0.3) is 11.3 Å². The number of methoxy groups -OCH3 is 3. The van der Waals surface area contributed by atoms with Gasteiger partial charge in [-0.2, -0.15) is 0 Å². The molecule has 0 saturated carbocycles. The van der Waals surface area contributed by atoms with Gasteiger partial charge in [0.05, 0.1) is 27.0 Å². The van der Waals surface area contributed by atoms with E-state index in [-0.39, 0.29) is 22.8 Å². The Kier molecular flexibility index (Phi) is 5.03. The molecule has 0 aliphatic heterocycles. The Morgan fingerprint density at radius 2 is 1.62 bits per heavy atom. The van der Waals surface area contributed by atoms with Crippen molar-refractivity contribution < 1.29 is 28.9 Å². The number of ketones is 1. The number of carbonyl (C=O) groups excluding carboxylic acids is 1. The van der Waals surface area contributed by atoms with Crippen LogP contribution in [-0.4, -0.2) is 43.2 Å². The van der Waals surface area contributed by atoms with Gasteiger partial charge in [-0.15, -0.1) is 0 Å². The fourth-order valence-electron chi connectivity index (χ4n) is 2.32. The predicted octanol–water partition coefficient (Wildman–Crippen LogP) is 2.68. The normalized spacial score (nSPS) is 10.2. The number of ether oxygens (including phenoxy) is 3. The van der Waals surface area contributed by atoms with E-state index in [0.29, 0.717) is 22.6 Å². The summed E-state index contributed by atoms with van der Waals surface area (Å²) in [6.07, 6.45) is 1.42. The Morgan fingerprint density at radius 1 is 1.00 bits per heavy atom. The first-order valence-electron chi connectivity index (χ1n) is 6.98. The van der Waals surface area contributed by atoms with Gasteiger partial charge in [-0.1, -0.05) is 0 Å². The minimum atomic E-state index is -1.17. The number of aromatic nitrogens is 1.